The van der Waals surface area contributed by atoms with E-state index in [0.717, 1.165) is 0 Å². The van der Waals surface area contributed by atoms with E-state index in [1.807, 2.05) is 6.92 Å². The summed E-state index contributed by atoms with van der Waals surface area (Å²) in [6.45, 7) is 16.8. The van der Waals surface area contributed by atoms with Gasteiger partial charge in [0.15, 0.2) is 8.32 Å². The highest BCUT2D eigenvalue weighted by Crippen LogP contribution is 2.37. The van der Waals surface area contributed by atoms with Crippen LogP contribution in [-0.2, 0) is 4.43 Å². The topological polar surface area (TPSA) is 29.5 Å². The predicted octanol–water partition coefficient (Wildman–Crippen LogP) is 3.72. The van der Waals surface area contributed by atoms with Gasteiger partial charge in [-0.1, -0.05) is 26.8 Å². The predicted molar refractivity (Wildman–Crippen MR) is 73.2 cm³/mol. The second kappa shape index (κ2) is 5.99. The van der Waals surface area contributed by atoms with Crippen molar-refractivity contribution in [2.75, 3.05) is 0 Å². The Labute approximate surface area is 102 Å². The fourth-order valence-corrected chi connectivity index (χ4v) is 2.86. The molecule has 0 aliphatic heterocycles. The van der Waals surface area contributed by atoms with Gasteiger partial charge in [0.25, 0.3) is 0 Å². The van der Waals surface area contributed by atoms with E-state index in [9.17, 15) is 5.11 Å². The third-order valence-electron chi connectivity index (χ3n) is 3.34. The molecule has 0 unspecified atom stereocenters. The van der Waals surface area contributed by atoms with Crippen molar-refractivity contribution in [2.45, 2.75) is 70.9 Å². The first-order chi connectivity index (χ1) is 7.10. The van der Waals surface area contributed by atoms with E-state index in [2.05, 4.69) is 40.4 Å². The third-order valence-corrected chi connectivity index (χ3v) is 7.95. The van der Waals surface area contributed by atoms with Crippen molar-refractivity contribution in [2.24, 2.45) is 0 Å². The minimum Gasteiger partial charge on any atom is -0.414 e. The van der Waals surface area contributed by atoms with Crippen LogP contribution in [0.15, 0.2) is 12.7 Å². The molecule has 0 aromatic rings. The first-order valence-corrected chi connectivity index (χ1v) is 8.97. The molecular weight excluding hydrogens is 216 g/mol. The van der Waals surface area contributed by atoms with Crippen LogP contribution in [0.25, 0.3) is 0 Å². The van der Waals surface area contributed by atoms with E-state index in [4.69, 9.17) is 4.43 Å². The number of aliphatic hydroxyl groups excluding tert-OH is 1. The van der Waals surface area contributed by atoms with Crippen LogP contribution in [0, 0.1) is 0 Å². The highest BCUT2D eigenvalue weighted by Gasteiger charge is 2.38. The van der Waals surface area contributed by atoms with Gasteiger partial charge in [-0.25, -0.2) is 0 Å². The van der Waals surface area contributed by atoms with Crippen LogP contribution in [0.1, 0.15) is 40.5 Å². The molecule has 0 fully saturated rings. The summed E-state index contributed by atoms with van der Waals surface area (Å²) < 4.78 is 6.16. The largest absolute Gasteiger partial charge is 0.414 e. The molecule has 0 aromatic carbocycles. The Bertz CT molecular complexity index is 218. The quantitative estimate of drug-likeness (QED) is 0.570. The summed E-state index contributed by atoms with van der Waals surface area (Å²) >= 11 is 0. The molecule has 2 nitrogen and oxygen atoms in total. The molecule has 0 bridgehead atoms. The van der Waals surface area contributed by atoms with Gasteiger partial charge in [0.1, 0.15) is 0 Å². The minimum atomic E-state index is -1.69. The van der Waals surface area contributed by atoms with Crippen molar-refractivity contribution in [3.8, 4) is 0 Å². The van der Waals surface area contributed by atoms with E-state index >= 15 is 0 Å². The van der Waals surface area contributed by atoms with Crippen molar-refractivity contribution < 1.29 is 9.53 Å². The van der Waals surface area contributed by atoms with E-state index in [0.29, 0.717) is 12.8 Å². The summed E-state index contributed by atoms with van der Waals surface area (Å²) in [5, 5.41) is 9.91. The van der Waals surface area contributed by atoms with Gasteiger partial charge in [-0.05, 0) is 37.9 Å². The van der Waals surface area contributed by atoms with Crippen LogP contribution in [0.3, 0.4) is 0 Å². The molecule has 0 heterocycles. The van der Waals surface area contributed by atoms with Crippen LogP contribution < -0.4 is 0 Å². The van der Waals surface area contributed by atoms with E-state index in [1.54, 1.807) is 6.08 Å². The van der Waals surface area contributed by atoms with Crippen molar-refractivity contribution in [3.63, 3.8) is 0 Å². The SMILES string of the molecule is C=CC[C@H](O)C[C@@H](C)O[Si](C)(C)C(C)(C)C. The lowest BCUT2D eigenvalue weighted by Crippen LogP contribution is -2.43. The van der Waals surface area contributed by atoms with Crippen LogP contribution in [0.5, 0.6) is 0 Å². The average Bonchev–Trinajstić information content (AvgIpc) is 1.99. The van der Waals surface area contributed by atoms with E-state index in [1.165, 1.54) is 0 Å². The van der Waals surface area contributed by atoms with E-state index < -0.39 is 8.32 Å². The molecule has 0 saturated carbocycles. The Morgan fingerprint density at radius 2 is 1.88 bits per heavy atom. The molecule has 0 amide bonds. The van der Waals surface area contributed by atoms with Gasteiger partial charge in [0.05, 0.1) is 6.10 Å². The Balaban J connectivity index is 4.23. The Morgan fingerprint density at radius 1 is 1.38 bits per heavy atom. The van der Waals surface area contributed by atoms with Crippen molar-refractivity contribution >= 4 is 8.32 Å². The fourth-order valence-electron chi connectivity index (χ4n) is 1.40. The second-order valence-corrected chi connectivity index (χ2v) is 10.9. The van der Waals surface area contributed by atoms with Gasteiger partial charge < -0.3 is 9.53 Å². The Morgan fingerprint density at radius 3 is 2.25 bits per heavy atom. The van der Waals surface area contributed by atoms with Gasteiger partial charge in [-0.3, -0.25) is 0 Å². The van der Waals surface area contributed by atoms with Crippen LogP contribution in [-0.4, -0.2) is 25.6 Å². The molecule has 0 aromatic heterocycles. The van der Waals surface area contributed by atoms with E-state index in [-0.39, 0.29) is 17.2 Å². The first kappa shape index (κ1) is 15.9. The van der Waals surface area contributed by atoms with Gasteiger partial charge in [-0.2, -0.15) is 0 Å². The highest BCUT2D eigenvalue weighted by molar-refractivity contribution is 6.74. The number of aliphatic hydroxyl groups is 1. The lowest BCUT2D eigenvalue weighted by Gasteiger charge is -2.38. The zero-order valence-electron chi connectivity index (χ0n) is 11.7. The summed E-state index contributed by atoms with van der Waals surface area (Å²) in [5.74, 6) is 0. The van der Waals surface area contributed by atoms with Crippen LogP contribution in [0.4, 0.5) is 0 Å². The molecule has 0 aliphatic carbocycles. The molecular formula is C13H28O2Si. The molecule has 0 saturated heterocycles. The maximum absolute atomic E-state index is 9.68. The monoisotopic (exact) mass is 244 g/mol. The molecule has 3 heteroatoms. The minimum absolute atomic E-state index is 0.121. The molecule has 2 atom stereocenters. The van der Waals surface area contributed by atoms with Gasteiger partial charge >= 0.3 is 0 Å². The van der Waals surface area contributed by atoms with Crippen molar-refractivity contribution in [3.05, 3.63) is 12.7 Å². The number of rotatable bonds is 6. The maximum atomic E-state index is 9.68. The zero-order valence-corrected chi connectivity index (χ0v) is 12.7. The molecule has 0 rings (SSSR count). The van der Waals surface area contributed by atoms with Crippen molar-refractivity contribution in [1.29, 1.82) is 0 Å². The molecule has 1 N–H and O–H groups in total. The standard InChI is InChI=1S/C13H28O2Si/c1-8-9-12(14)10-11(2)15-16(6,7)13(3,4)5/h8,11-12,14H,1,9-10H2,2-7H3/t11-,12+/m1/s1. The molecule has 0 aliphatic rings. The van der Waals surface area contributed by atoms with Crippen LogP contribution in [0.2, 0.25) is 18.1 Å². The van der Waals surface area contributed by atoms with Crippen molar-refractivity contribution in [1.82, 2.24) is 0 Å². The summed E-state index contributed by atoms with van der Waals surface area (Å²) in [7, 11) is -1.69. The smallest absolute Gasteiger partial charge is 0.192 e. The fraction of sp³-hybridized carbons (Fsp3) is 0.846. The second-order valence-electron chi connectivity index (χ2n) is 6.10. The third kappa shape index (κ3) is 5.28. The Hall–Kier alpha value is -0.123. The lowest BCUT2D eigenvalue weighted by atomic mass is 10.1. The first-order valence-electron chi connectivity index (χ1n) is 6.07. The number of hydrogen-bond donors (Lipinski definition) is 1. The summed E-state index contributed by atoms with van der Waals surface area (Å²) in [5.41, 5.74) is 0. The molecule has 16 heavy (non-hydrogen) atoms. The normalized spacial score (nSPS) is 16.9. The average molecular weight is 244 g/mol. The summed E-state index contributed by atoms with van der Waals surface area (Å²) in [6, 6.07) is 0. The number of hydrogen-bond acceptors (Lipinski definition) is 2. The molecule has 0 spiro atoms. The Kier molecular flexibility index (Phi) is 5.94. The summed E-state index contributed by atoms with van der Waals surface area (Å²) in [6.07, 6.45) is 2.89. The zero-order chi connectivity index (χ0) is 13.0. The van der Waals surface area contributed by atoms with Gasteiger partial charge in [0.2, 0.25) is 0 Å². The van der Waals surface area contributed by atoms with Gasteiger partial charge in [-0.15, -0.1) is 6.58 Å². The molecule has 0 radical (unpaired) electrons. The summed E-state index contributed by atoms with van der Waals surface area (Å²) in [4.78, 5) is 0. The lowest BCUT2D eigenvalue weighted by molar-refractivity contribution is 0.0974. The highest BCUT2D eigenvalue weighted by atomic mass is 28.4. The van der Waals surface area contributed by atoms with Crippen LogP contribution >= 0.6 is 0 Å². The maximum Gasteiger partial charge on any atom is 0.192 e. The van der Waals surface area contributed by atoms with Gasteiger partial charge in [0, 0.05) is 6.10 Å². The molecule has 96 valence electrons.